The van der Waals surface area contributed by atoms with Crippen molar-refractivity contribution in [3.63, 3.8) is 0 Å². The molecule has 1 fully saturated rings. The molecular weight excluding hydrogens is 230 g/mol. The van der Waals surface area contributed by atoms with E-state index in [2.05, 4.69) is 25.8 Å². The van der Waals surface area contributed by atoms with Crippen molar-refractivity contribution in [2.24, 2.45) is 0 Å². The molecule has 1 aromatic heterocycles. The second-order valence-corrected chi connectivity index (χ2v) is 4.21. The molecule has 0 radical (unpaired) electrons. The van der Waals surface area contributed by atoms with Crippen molar-refractivity contribution in [2.45, 2.75) is 0 Å². The molecule has 0 atom stereocenters. The van der Waals surface area contributed by atoms with Gasteiger partial charge in [-0.3, -0.25) is 9.88 Å². The maximum Gasteiger partial charge on any atom is 0.319 e. The van der Waals surface area contributed by atoms with E-state index >= 15 is 0 Å². The standard InChI is InChI=1S/C12H19N5O/c18-12(16-11-1-3-13-4-2-11)15-7-10-17-8-5-14-6-9-17/h1-4,14H,5-10H2,(H2,13,15,16,18). The van der Waals surface area contributed by atoms with E-state index in [-0.39, 0.29) is 6.03 Å². The largest absolute Gasteiger partial charge is 0.337 e. The van der Waals surface area contributed by atoms with E-state index < -0.39 is 0 Å². The molecule has 98 valence electrons. The average Bonchev–Trinajstić information content (AvgIpc) is 2.41. The highest BCUT2D eigenvalue weighted by Gasteiger charge is 2.09. The van der Waals surface area contributed by atoms with Gasteiger partial charge in [0.25, 0.3) is 0 Å². The molecule has 3 N–H and O–H groups in total. The van der Waals surface area contributed by atoms with Crippen LogP contribution in [0, 0.1) is 0 Å². The Labute approximate surface area is 107 Å². The number of hydrogen-bond donors (Lipinski definition) is 3. The van der Waals surface area contributed by atoms with Gasteiger partial charge >= 0.3 is 6.03 Å². The van der Waals surface area contributed by atoms with Gasteiger partial charge in [0, 0.05) is 57.3 Å². The minimum Gasteiger partial charge on any atom is -0.337 e. The number of rotatable bonds is 4. The van der Waals surface area contributed by atoms with Crippen LogP contribution in [0.15, 0.2) is 24.5 Å². The molecule has 0 aliphatic carbocycles. The number of nitrogens with one attached hydrogen (secondary N) is 3. The topological polar surface area (TPSA) is 69.3 Å². The van der Waals surface area contributed by atoms with Gasteiger partial charge in [0.15, 0.2) is 0 Å². The predicted molar refractivity (Wildman–Crippen MR) is 70.6 cm³/mol. The molecular formula is C12H19N5O. The van der Waals surface area contributed by atoms with Crippen LogP contribution in [0.5, 0.6) is 0 Å². The Balaban J connectivity index is 1.62. The molecule has 18 heavy (non-hydrogen) atoms. The van der Waals surface area contributed by atoms with Crippen molar-refractivity contribution in [3.05, 3.63) is 24.5 Å². The summed E-state index contributed by atoms with van der Waals surface area (Å²) in [5.74, 6) is 0. The summed E-state index contributed by atoms with van der Waals surface area (Å²) in [6, 6.07) is 3.35. The Morgan fingerprint density at radius 2 is 2.06 bits per heavy atom. The highest BCUT2D eigenvalue weighted by molar-refractivity contribution is 5.88. The number of carbonyl (C=O) groups excluding carboxylic acids is 1. The van der Waals surface area contributed by atoms with Gasteiger partial charge in [-0.25, -0.2) is 4.79 Å². The van der Waals surface area contributed by atoms with E-state index in [0.717, 1.165) is 38.4 Å². The van der Waals surface area contributed by atoms with Crippen molar-refractivity contribution in [3.8, 4) is 0 Å². The Morgan fingerprint density at radius 3 is 2.78 bits per heavy atom. The summed E-state index contributed by atoms with van der Waals surface area (Å²) in [6.45, 7) is 5.72. The molecule has 1 aliphatic rings. The van der Waals surface area contributed by atoms with Crippen molar-refractivity contribution >= 4 is 11.7 Å². The first kappa shape index (κ1) is 12.8. The number of pyridine rings is 1. The third-order valence-electron chi connectivity index (χ3n) is 2.86. The third kappa shape index (κ3) is 4.31. The summed E-state index contributed by atoms with van der Waals surface area (Å²) in [5.41, 5.74) is 0.754. The zero-order valence-corrected chi connectivity index (χ0v) is 10.4. The lowest BCUT2D eigenvalue weighted by Crippen LogP contribution is -2.46. The molecule has 1 aliphatic heterocycles. The summed E-state index contributed by atoms with van der Waals surface area (Å²) >= 11 is 0. The van der Waals surface area contributed by atoms with E-state index in [4.69, 9.17) is 0 Å². The van der Waals surface area contributed by atoms with Gasteiger partial charge in [0.2, 0.25) is 0 Å². The Hall–Kier alpha value is -1.66. The minimum absolute atomic E-state index is 0.170. The highest BCUT2D eigenvalue weighted by Crippen LogP contribution is 2.02. The lowest BCUT2D eigenvalue weighted by molar-refractivity contribution is 0.233. The molecule has 1 saturated heterocycles. The monoisotopic (exact) mass is 249 g/mol. The van der Waals surface area contributed by atoms with Crippen LogP contribution in [0.1, 0.15) is 0 Å². The second kappa shape index (κ2) is 6.93. The maximum absolute atomic E-state index is 11.6. The van der Waals surface area contributed by atoms with E-state index in [0.29, 0.717) is 6.54 Å². The van der Waals surface area contributed by atoms with Gasteiger partial charge in [0.1, 0.15) is 0 Å². The Morgan fingerprint density at radius 1 is 1.33 bits per heavy atom. The van der Waals surface area contributed by atoms with Gasteiger partial charge in [-0.15, -0.1) is 0 Å². The van der Waals surface area contributed by atoms with Gasteiger partial charge in [0.05, 0.1) is 0 Å². The van der Waals surface area contributed by atoms with Crippen LogP contribution < -0.4 is 16.0 Å². The summed E-state index contributed by atoms with van der Waals surface area (Å²) in [5, 5.41) is 8.90. The van der Waals surface area contributed by atoms with Crippen LogP contribution in [0.4, 0.5) is 10.5 Å². The molecule has 0 aromatic carbocycles. The maximum atomic E-state index is 11.6. The first-order valence-electron chi connectivity index (χ1n) is 6.22. The quantitative estimate of drug-likeness (QED) is 0.708. The second-order valence-electron chi connectivity index (χ2n) is 4.21. The number of piperazine rings is 1. The zero-order valence-electron chi connectivity index (χ0n) is 10.4. The molecule has 0 saturated carbocycles. The van der Waals surface area contributed by atoms with Crippen LogP contribution in [0.2, 0.25) is 0 Å². The number of nitrogens with zero attached hydrogens (tertiary/aromatic N) is 2. The number of anilines is 1. The summed E-state index contributed by atoms with van der Waals surface area (Å²) in [4.78, 5) is 17.8. The van der Waals surface area contributed by atoms with Gasteiger partial charge in [-0.2, -0.15) is 0 Å². The predicted octanol–water partition coefficient (Wildman–Crippen LogP) is 0.108. The van der Waals surface area contributed by atoms with Crippen LogP contribution in [-0.4, -0.2) is 55.2 Å². The first-order chi connectivity index (χ1) is 8.84. The molecule has 2 amide bonds. The number of amides is 2. The van der Waals surface area contributed by atoms with Crippen LogP contribution in [-0.2, 0) is 0 Å². The summed E-state index contributed by atoms with van der Waals surface area (Å²) < 4.78 is 0. The lowest BCUT2D eigenvalue weighted by Gasteiger charge is -2.27. The van der Waals surface area contributed by atoms with Gasteiger partial charge < -0.3 is 16.0 Å². The Kier molecular flexibility index (Phi) is 4.92. The normalized spacial score (nSPS) is 16.2. The van der Waals surface area contributed by atoms with Crippen molar-refractivity contribution in [1.82, 2.24) is 20.5 Å². The molecule has 2 rings (SSSR count). The Bertz CT molecular complexity index is 364. The van der Waals surface area contributed by atoms with Crippen molar-refractivity contribution in [1.29, 1.82) is 0 Å². The molecule has 2 heterocycles. The highest BCUT2D eigenvalue weighted by atomic mass is 16.2. The fourth-order valence-electron chi connectivity index (χ4n) is 1.87. The first-order valence-corrected chi connectivity index (χ1v) is 6.22. The lowest BCUT2D eigenvalue weighted by atomic mass is 10.3. The van der Waals surface area contributed by atoms with E-state index in [1.165, 1.54) is 0 Å². The van der Waals surface area contributed by atoms with E-state index in [1.54, 1.807) is 24.5 Å². The molecule has 1 aromatic rings. The molecule has 6 nitrogen and oxygen atoms in total. The fraction of sp³-hybridized carbons (Fsp3) is 0.500. The van der Waals surface area contributed by atoms with Gasteiger partial charge in [-0.05, 0) is 12.1 Å². The molecule has 6 heteroatoms. The number of carbonyl (C=O) groups is 1. The van der Waals surface area contributed by atoms with Crippen molar-refractivity contribution in [2.75, 3.05) is 44.6 Å². The fourth-order valence-corrected chi connectivity index (χ4v) is 1.87. The number of hydrogen-bond acceptors (Lipinski definition) is 4. The summed E-state index contributed by atoms with van der Waals surface area (Å²) in [7, 11) is 0. The van der Waals surface area contributed by atoms with Gasteiger partial charge in [-0.1, -0.05) is 0 Å². The molecule has 0 unspecified atom stereocenters. The van der Waals surface area contributed by atoms with Crippen LogP contribution >= 0.6 is 0 Å². The number of aromatic nitrogens is 1. The van der Waals surface area contributed by atoms with Crippen LogP contribution in [0.3, 0.4) is 0 Å². The number of urea groups is 1. The molecule has 0 bridgehead atoms. The minimum atomic E-state index is -0.170. The zero-order chi connectivity index (χ0) is 12.6. The summed E-state index contributed by atoms with van der Waals surface area (Å²) in [6.07, 6.45) is 3.30. The molecule has 0 spiro atoms. The van der Waals surface area contributed by atoms with Crippen molar-refractivity contribution < 1.29 is 4.79 Å². The average molecular weight is 249 g/mol. The van der Waals surface area contributed by atoms with Crippen LogP contribution in [0.25, 0.3) is 0 Å². The third-order valence-corrected chi connectivity index (χ3v) is 2.86. The SMILES string of the molecule is O=C(NCCN1CCNCC1)Nc1ccncc1. The van der Waals surface area contributed by atoms with E-state index in [9.17, 15) is 4.79 Å². The smallest absolute Gasteiger partial charge is 0.319 e. The van der Waals surface area contributed by atoms with E-state index in [1.807, 2.05) is 0 Å².